The van der Waals surface area contributed by atoms with Crippen LogP contribution in [0.1, 0.15) is 107 Å². The number of terminal acetylenes is 1. The Kier molecular flexibility index (Phi) is 32.9. The van der Waals surface area contributed by atoms with Gasteiger partial charge in [0.25, 0.3) is 0 Å². The summed E-state index contributed by atoms with van der Waals surface area (Å²) in [4.78, 5) is 111. The predicted octanol–water partition coefficient (Wildman–Crippen LogP) is 21.9. The molecule has 5 aromatic heterocycles. The van der Waals surface area contributed by atoms with Gasteiger partial charge in [-0.2, -0.15) is 0 Å². The lowest BCUT2D eigenvalue weighted by Gasteiger charge is -2.20. The van der Waals surface area contributed by atoms with E-state index in [0.29, 0.717) is 71.9 Å². The zero-order valence-electron chi connectivity index (χ0n) is 70.9. The first-order valence-corrected chi connectivity index (χ1v) is 40.8. The molecule has 0 saturated heterocycles. The molecule has 20 nitrogen and oxygen atoms in total. The molecule has 0 bridgehead atoms. The first-order chi connectivity index (χ1) is 61.2. The summed E-state index contributed by atoms with van der Waals surface area (Å²) in [6.45, 7) is 7.88. The number of hydrogen-bond acceptors (Lipinski definition) is 20. The fourth-order valence-electron chi connectivity index (χ4n) is 13.1. The van der Waals surface area contributed by atoms with Gasteiger partial charge < -0.3 is 24.5 Å². The number of hydrogen-bond donors (Lipinski definition) is 0. The Balaban J connectivity index is 0.000000154. The van der Waals surface area contributed by atoms with Gasteiger partial charge in [0.05, 0.1) is 112 Å². The molecule has 0 unspecified atom stereocenters. The molecule has 0 radical (unpaired) electrons. The lowest BCUT2D eigenvalue weighted by atomic mass is 10.0. The molecule has 0 fully saturated rings. The standard InChI is InChI=1S/C21H15F2N3O.3C20H18ClN3O.C20H18FN3O/c1-3-14-5-4-6-16(7-14)20(27)10-15-8-18(22)21(23)19(9-15)26(2)17-11-24-13-25-12-17;1-14-4-3-5-16(8-14)20(25)10-15-6-7-18(21)19(9-15)24(2)17-11-22-13-23-12-17;2*1-14-4-3-5-15(8-14)20(25)10-16-9-17(6-7-19(16)21)24(2)18-11-22-13-23-12-18;1-14-4-3-5-16(8-14)20(25)10-15-6-7-18(21)19(9-15)24(2)17-11-22-13-23-12-17/h1,4-9,11-13H,10H2,2H3;4*3-9,11-13H,10H2,1-2H3. The first kappa shape index (κ1) is 92.9. The number of carbonyl (C=O) groups is 5. The van der Waals surface area contributed by atoms with Gasteiger partial charge in [0.15, 0.2) is 40.6 Å². The molecular weight excluding hydrogens is 1670 g/mol. The van der Waals surface area contributed by atoms with Crippen molar-refractivity contribution in [2.24, 2.45) is 0 Å². The second-order valence-electron chi connectivity index (χ2n) is 29.5. The van der Waals surface area contributed by atoms with Gasteiger partial charge >= 0.3 is 0 Å². The molecule has 0 amide bonds. The third-order valence-electron chi connectivity index (χ3n) is 20.2. The average molecular weight is 1750 g/mol. The van der Waals surface area contributed by atoms with Gasteiger partial charge in [-0.1, -0.05) is 160 Å². The van der Waals surface area contributed by atoms with Crippen LogP contribution >= 0.6 is 34.8 Å². The van der Waals surface area contributed by atoms with Gasteiger partial charge in [0.1, 0.15) is 37.5 Å². The van der Waals surface area contributed by atoms with Crippen LogP contribution < -0.4 is 24.5 Å². The Morgan fingerprint density at radius 3 is 0.969 bits per heavy atom. The van der Waals surface area contributed by atoms with E-state index in [2.05, 4.69) is 55.8 Å². The maximum absolute atomic E-state index is 14.3. The average Bonchev–Trinajstić information content (AvgIpc) is 0.782. The van der Waals surface area contributed by atoms with Crippen LogP contribution in [0, 0.1) is 57.5 Å². The van der Waals surface area contributed by atoms with Crippen molar-refractivity contribution in [3.63, 3.8) is 0 Å². The molecule has 0 aliphatic carbocycles. The van der Waals surface area contributed by atoms with E-state index in [4.69, 9.17) is 41.2 Å². The van der Waals surface area contributed by atoms with Crippen molar-refractivity contribution in [1.29, 1.82) is 0 Å². The van der Waals surface area contributed by atoms with Crippen molar-refractivity contribution in [3.05, 3.63) is 416 Å². The van der Waals surface area contributed by atoms with E-state index in [1.807, 2.05) is 209 Å². The smallest absolute Gasteiger partial charge is 0.182 e. The molecule has 0 aliphatic heterocycles. The van der Waals surface area contributed by atoms with Crippen molar-refractivity contribution in [1.82, 2.24) is 49.8 Å². The fourth-order valence-corrected chi connectivity index (χ4v) is 13.8. The van der Waals surface area contributed by atoms with E-state index in [-0.39, 0.29) is 66.1 Å². The summed E-state index contributed by atoms with van der Waals surface area (Å²) in [6.07, 6.45) is 30.1. The molecule has 5 heterocycles. The highest BCUT2D eigenvalue weighted by Gasteiger charge is 2.22. The van der Waals surface area contributed by atoms with E-state index < -0.39 is 11.6 Å². The highest BCUT2D eigenvalue weighted by atomic mass is 35.5. The quantitative estimate of drug-likeness (QED) is 0.0382. The molecule has 0 N–H and O–H groups in total. The van der Waals surface area contributed by atoms with E-state index in [0.717, 1.165) is 90.3 Å². The number of Topliss-reactive ketones (excluding diaryl/α,β-unsaturated/α-hetero) is 5. The molecule has 15 aromatic rings. The summed E-state index contributed by atoms with van der Waals surface area (Å²) in [5, 5.41) is 1.78. The largest absolute Gasteiger partial charge is 0.342 e. The first-order valence-electron chi connectivity index (χ1n) is 39.7. The summed E-state index contributed by atoms with van der Waals surface area (Å²) in [7, 11) is 9.05. The minimum atomic E-state index is -1.03. The Labute approximate surface area is 750 Å². The van der Waals surface area contributed by atoms with E-state index in [1.54, 1.807) is 111 Å². The number of anilines is 10. The molecular formula is C101H87Cl3F3N15O5. The molecule has 0 spiro atoms. The number of ketones is 5. The number of aromatic nitrogens is 10. The van der Waals surface area contributed by atoms with Crippen molar-refractivity contribution in [3.8, 4) is 12.3 Å². The normalized spacial score (nSPS) is 10.5. The second kappa shape index (κ2) is 45.0. The highest BCUT2D eigenvalue weighted by Crippen LogP contribution is 2.35. The summed E-state index contributed by atoms with van der Waals surface area (Å²) >= 11 is 19.0. The third kappa shape index (κ3) is 26.1. The minimum Gasteiger partial charge on any atom is -0.342 e. The van der Waals surface area contributed by atoms with Crippen LogP contribution in [0.2, 0.25) is 15.1 Å². The fraction of sp³-hybridized carbons (Fsp3) is 0.139. The third-order valence-corrected chi connectivity index (χ3v) is 21.2. The van der Waals surface area contributed by atoms with Gasteiger partial charge in [0, 0.05) is 122 Å². The zero-order chi connectivity index (χ0) is 90.6. The van der Waals surface area contributed by atoms with Crippen LogP contribution in [-0.2, 0) is 32.1 Å². The van der Waals surface area contributed by atoms with Gasteiger partial charge in [-0.05, 0) is 165 Å². The van der Waals surface area contributed by atoms with Crippen LogP contribution in [0.5, 0.6) is 0 Å². The van der Waals surface area contributed by atoms with Crippen molar-refractivity contribution < 1.29 is 37.1 Å². The Morgan fingerprint density at radius 2 is 0.598 bits per heavy atom. The Hall–Kier alpha value is -14.8. The Bertz CT molecular complexity index is 6110. The molecule has 10 aromatic carbocycles. The van der Waals surface area contributed by atoms with Crippen LogP contribution in [0.15, 0.2) is 300 Å². The molecule has 638 valence electrons. The van der Waals surface area contributed by atoms with E-state index >= 15 is 0 Å². The van der Waals surface area contributed by atoms with Crippen LogP contribution in [0.25, 0.3) is 0 Å². The van der Waals surface area contributed by atoms with Crippen molar-refractivity contribution in [2.75, 3.05) is 59.7 Å². The van der Waals surface area contributed by atoms with Gasteiger partial charge in [-0.25, -0.2) is 63.0 Å². The molecule has 0 atom stereocenters. The topological polar surface area (TPSA) is 230 Å². The molecule has 15 rings (SSSR count). The van der Waals surface area contributed by atoms with Gasteiger partial charge in [-0.15, -0.1) is 6.42 Å². The molecule has 0 saturated carbocycles. The van der Waals surface area contributed by atoms with Crippen LogP contribution in [-0.4, -0.2) is 114 Å². The van der Waals surface area contributed by atoms with E-state index in [9.17, 15) is 37.1 Å². The van der Waals surface area contributed by atoms with Crippen molar-refractivity contribution >= 4 is 121 Å². The van der Waals surface area contributed by atoms with Crippen molar-refractivity contribution in [2.45, 2.75) is 59.8 Å². The highest BCUT2D eigenvalue weighted by molar-refractivity contribution is 6.33. The van der Waals surface area contributed by atoms with Gasteiger partial charge in [-0.3, -0.25) is 24.0 Å². The summed E-state index contributed by atoms with van der Waals surface area (Å²) in [5.41, 5.74) is 18.4. The number of rotatable bonds is 25. The minimum absolute atomic E-state index is 0.00644. The lowest BCUT2D eigenvalue weighted by molar-refractivity contribution is 0.0984. The van der Waals surface area contributed by atoms with Gasteiger partial charge in [0.2, 0.25) is 0 Å². The zero-order valence-corrected chi connectivity index (χ0v) is 73.2. The molecule has 127 heavy (non-hydrogen) atoms. The molecule has 0 aliphatic rings. The number of nitrogens with zero attached hydrogens (tertiary/aromatic N) is 15. The summed E-state index contributed by atoms with van der Waals surface area (Å²) in [5.74, 6) is 0.0133. The monoisotopic (exact) mass is 1750 g/mol. The number of carbonyl (C=O) groups excluding carboxylic acids is 5. The van der Waals surface area contributed by atoms with E-state index in [1.165, 1.54) is 61.1 Å². The molecule has 26 heteroatoms. The number of benzene rings is 10. The number of halogens is 6. The maximum Gasteiger partial charge on any atom is 0.182 e. The lowest BCUT2D eigenvalue weighted by Crippen LogP contribution is -2.14. The summed E-state index contributed by atoms with van der Waals surface area (Å²) < 4.78 is 42.7. The SMILES string of the molecule is C#Cc1cccc(C(=O)Cc2cc(F)c(F)c(N(C)c3cncnc3)c2)c1.Cc1cccc(C(=O)Cc2cc(N(C)c3cncnc3)ccc2Cl)c1.Cc1cccc(C(=O)Cc2cc(N(C)c3cncnc3)ccc2Cl)c1.Cc1cccc(C(=O)Cc2ccc(Cl)c(N(C)c3cncnc3)c2)c1.Cc1cccc(C(=O)Cc2ccc(F)c(N(C)c3cncnc3)c2)c1. The second-order valence-corrected chi connectivity index (χ2v) is 30.7. The summed E-state index contributed by atoms with van der Waals surface area (Å²) in [6, 6.07) is 61.1. The van der Waals surface area contributed by atoms with Crippen LogP contribution in [0.3, 0.4) is 0 Å². The number of aryl methyl sites for hydroxylation is 4. The predicted molar refractivity (Wildman–Crippen MR) is 497 cm³/mol. The van der Waals surface area contributed by atoms with Crippen LogP contribution in [0.4, 0.5) is 70.0 Å². The maximum atomic E-state index is 14.3. The Morgan fingerprint density at radius 1 is 0.299 bits per heavy atom.